The van der Waals surface area contributed by atoms with Gasteiger partial charge in [-0.2, -0.15) is 0 Å². The summed E-state index contributed by atoms with van der Waals surface area (Å²) in [4.78, 5) is 0. The minimum Gasteiger partial charge on any atom is -0.115 e. The molecule has 0 aliphatic heterocycles. The van der Waals surface area contributed by atoms with E-state index in [1.807, 2.05) is 0 Å². The van der Waals surface area contributed by atoms with E-state index in [0.29, 0.717) is 17.8 Å². The monoisotopic (exact) mass is 434 g/mol. The molecular formula is C33H38. The van der Waals surface area contributed by atoms with Crippen LogP contribution in [-0.2, 0) is 6.42 Å². The van der Waals surface area contributed by atoms with Gasteiger partial charge in [-0.25, -0.2) is 0 Å². The van der Waals surface area contributed by atoms with Crippen molar-refractivity contribution >= 4 is 5.57 Å². The lowest BCUT2D eigenvalue weighted by Gasteiger charge is -2.35. The quantitative estimate of drug-likeness (QED) is 0.288. The molecule has 1 fully saturated rings. The van der Waals surface area contributed by atoms with E-state index in [2.05, 4.69) is 93.1 Å². The van der Waals surface area contributed by atoms with Crippen molar-refractivity contribution in [3.05, 3.63) is 101 Å². The molecule has 0 N–H and O–H groups in total. The van der Waals surface area contributed by atoms with Gasteiger partial charge in [-0.15, -0.1) is 6.42 Å². The van der Waals surface area contributed by atoms with Crippen LogP contribution in [0.4, 0.5) is 0 Å². The third-order valence-corrected chi connectivity index (χ3v) is 7.64. The number of benzene rings is 2. The number of hydrogen-bond acceptors (Lipinski definition) is 0. The fourth-order valence-electron chi connectivity index (χ4n) is 5.84. The maximum atomic E-state index is 5.50. The zero-order chi connectivity index (χ0) is 23.2. The average molecular weight is 435 g/mol. The van der Waals surface area contributed by atoms with Crippen molar-refractivity contribution in [2.45, 2.75) is 64.7 Å². The Morgan fingerprint density at radius 1 is 1.03 bits per heavy atom. The maximum absolute atomic E-state index is 5.50. The van der Waals surface area contributed by atoms with E-state index >= 15 is 0 Å². The standard InChI is InChI=1S/C33H38/c1-5-7-25(4)33(31-20-18-29(19-21-31)32-15-8-24(3)22-32)30-16-13-28(14-17-30)23-27-11-9-26(6-2)10-12-27/h2,8-12,15,18-22,24,28,30,33H,4-5,7,13-14,16-17,23H2,1,3H3. The van der Waals surface area contributed by atoms with Crippen LogP contribution in [-0.4, -0.2) is 0 Å². The Kier molecular flexibility index (Phi) is 7.72. The Hall–Kier alpha value is -2.78. The molecule has 0 heterocycles. The summed E-state index contributed by atoms with van der Waals surface area (Å²) < 4.78 is 0. The van der Waals surface area contributed by atoms with E-state index in [1.54, 1.807) is 0 Å². The molecule has 0 spiro atoms. The second-order valence-corrected chi connectivity index (χ2v) is 10.2. The highest BCUT2D eigenvalue weighted by atomic mass is 14.3. The van der Waals surface area contributed by atoms with Gasteiger partial charge in [0.15, 0.2) is 0 Å². The van der Waals surface area contributed by atoms with E-state index in [0.717, 1.165) is 17.9 Å². The van der Waals surface area contributed by atoms with Gasteiger partial charge in [-0.1, -0.05) is 93.0 Å². The first-order chi connectivity index (χ1) is 16.1. The van der Waals surface area contributed by atoms with Crippen molar-refractivity contribution in [3.63, 3.8) is 0 Å². The number of rotatable bonds is 8. The molecule has 0 bridgehead atoms. The van der Waals surface area contributed by atoms with E-state index in [-0.39, 0.29) is 0 Å². The van der Waals surface area contributed by atoms with Gasteiger partial charge in [-0.3, -0.25) is 0 Å². The molecule has 2 unspecified atom stereocenters. The van der Waals surface area contributed by atoms with Gasteiger partial charge in [0.05, 0.1) is 0 Å². The van der Waals surface area contributed by atoms with Crippen molar-refractivity contribution < 1.29 is 0 Å². The van der Waals surface area contributed by atoms with Crippen molar-refractivity contribution in [1.29, 1.82) is 0 Å². The highest BCUT2D eigenvalue weighted by Crippen LogP contribution is 2.43. The maximum Gasteiger partial charge on any atom is 0.0242 e. The molecule has 0 nitrogen and oxygen atoms in total. The van der Waals surface area contributed by atoms with E-state index in [9.17, 15) is 0 Å². The molecule has 0 radical (unpaired) electrons. The van der Waals surface area contributed by atoms with E-state index in [1.165, 1.54) is 66.4 Å². The van der Waals surface area contributed by atoms with E-state index in [4.69, 9.17) is 6.42 Å². The molecule has 0 saturated heterocycles. The Bertz CT molecular complexity index is 1030. The number of terminal acetylenes is 1. The molecule has 170 valence electrons. The van der Waals surface area contributed by atoms with Crippen LogP contribution in [0.5, 0.6) is 0 Å². The van der Waals surface area contributed by atoms with Gasteiger partial charge >= 0.3 is 0 Å². The molecule has 0 heteroatoms. The third kappa shape index (κ3) is 5.78. The smallest absolute Gasteiger partial charge is 0.0242 e. The summed E-state index contributed by atoms with van der Waals surface area (Å²) >= 11 is 0. The molecule has 2 aromatic carbocycles. The Morgan fingerprint density at radius 2 is 1.73 bits per heavy atom. The second-order valence-electron chi connectivity index (χ2n) is 10.2. The van der Waals surface area contributed by atoms with Crippen LogP contribution in [0.25, 0.3) is 5.57 Å². The van der Waals surface area contributed by atoms with E-state index < -0.39 is 0 Å². The Labute approximate surface area is 201 Å². The van der Waals surface area contributed by atoms with Gasteiger partial charge in [-0.05, 0) is 90.7 Å². The Morgan fingerprint density at radius 3 is 2.30 bits per heavy atom. The summed E-state index contributed by atoms with van der Waals surface area (Å²) in [6, 6.07) is 18.0. The summed E-state index contributed by atoms with van der Waals surface area (Å²) in [6.07, 6.45) is 21.1. The largest absolute Gasteiger partial charge is 0.115 e. The fourth-order valence-corrected chi connectivity index (χ4v) is 5.84. The first kappa shape index (κ1) is 23.4. The van der Waals surface area contributed by atoms with Gasteiger partial charge < -0.3 is 0 Å². The van der Waals surface area contributed by atoms with Crippen molar-refractivity contribution in [1.82, 2.24) is 0 Å². The predicted molar refractivity (Wildman–Crippen MR) is 143 cm³/mol. The molecule has 1 saturated carbocycles. The number of hydrogen-bond donors (Lipinski definition) is 0. The van der Waals surface area contributed by atoms with Crippen LogP contribution >= 0.6 is 0 Å². The molecule has 4 rings (SSSR count). The number of allylic oxidation sites excluding steroid dienone is 5. The van der Waals surface area contributed by atoms with Crippen molar-refractivity contribution in [3.8, 4) is 12.3 Å². The first-order valence-electron chi connectivity index (χ1n) is 12.8. The molecule has 0 aromatic heterocycles. The first-order valence-corrected chi connectivity index (χ1v) is 12.8. The SMILES string of the molecule is C#Cc1ccc(CC2CCC(C(C(=C)CCC)c3ccc(C4=CC(C)C=C4)cc3)CC2)cc1. The summed E-state index contributed by atoms with van der Waals surface area (Å²) in [5.74, 6) is 5.24. The molecular weight excluding hydrogens is 396 g/mol. The van der Waals surface area contributed by atoms with Gasteiger partial charge in [0.2, 0.25) is 0 Å². The minimum absolute atomic E-state index is 0.488. The van der Waals surface area contributed by atoms with Crippen LogP contribution in [0.1, 0.15) is 80.5 Å². The van der Waals surface area contributed by atoms with Gasteiger partial charge in [0, 0.05) is 11.5 Å². The zero-order valence-corrected chi connectivity index (χ0v) is 20.4. The van der Waals surface area contributed by atoms with Crippen LogP contribution in [0.15, 0.2) is 78.9 Å². The van der Waals surface area contributed by atoms with Crippen LogP contribution in [0.2, 0.25) is 0 Å². The highest BCUT2D eigenvalue weighted by Gasteiger charge is 2.30. The molecule has 2 aliphatic carbocycles. The molecule has 2 aliphatic rings. The summed E-state index contributed by atoms with van der Waals surface area (Å²) in [6.45, 7) is 9.08. The predicted octanol–water partition coefficient (Wildman–Crippen LogP) is 8.75. The molecule has 33 heavy (non-hydrogen) atoms. The summed E-state index contributed by atoms with van der Waals surface area (Å²) in [5, 5.41) is 0. The zero-order valence-electron chi connectivity index (χ0n) is 20.4. The van der Waals surface area contributed by atoms with Gasteiger partial charge in [0.25, 0.3) is 0 Å². The van der Waals surface area contributed by atoms with Crippen molar-refractivity contribution in [2.24, 2.45) is 17.8 Å². The van der Waals surface area contributed by atoms with Crippen LogP contribution in [0, 0.1) is 30.1 Å². The van der Waals surface area contributed by atoms with Crippen LogP contribution in [0.3, 0.4) is 0 Å². The Balaban J connectivity index is 1.43. The molecule has 0 amide bonds. The topological polar surface area (TPSA) is 0 Å². The summed E-state index contributed by atoms with van der Waals surface area (Å²) in [5.41, 5.74) is 7.96. The molecule has 2 aromatic rings. The summed E-state index contributed by atoms with van der Waals surface area (Å²) in [7, 11) is 0. The van der Waals surface area contributed by atoms with Gasteiger partial charge in [0.1, 0.15) is 0 Å². The highest BCUT2D eigenvalue weighted by molar-refractivity contribution is 5.76. The minimum atomic E-state index is 0.488. The second kappa shape index (κ2) is 10.9. The fraction of sp³-hybridized carbons (Fsp3) is 0.394. The lowest BCUT2D eigenvalue weighted by atomic mass is 9.69. The normalized spacial score (nSPS) is 23.1. The molecule has 2 atom stereocenters. The van der Waals surface area contributed by atoms with Crippen LogP contribution < -0.4 is 0 Å². The third-order valence-electron chi connectivity index (χ3n) is 7.64. The average Bonchev–Trinajstić information content (AvgIpc) is 3.28. The van der Waals surface area contributed by atoms with Crippen molar-refractivity contribution in [2.75, 3.05) is 0 Å². The lowest BCUT2D eigenvalue weighted by molar-refractivity contribution is 0.252. The lowest BCUT2D eigenvalue weighted by Crippen LogP contribution is -2.23.